The molecule has 0 saturated heterocycles. The standard InChI is InChI=1S/C22H22F3N.C2H6/c1-16(20-13-5-10-18-9-2-3-12-21(18)20)26-14-6-8-17-7-4-11-19(15-17)22(23,24)25;1-2/h2-5,7,9-13,15-16,26H,6,8,14H2,1H3;1-2H3. The maximum absolute atomic E-state index is 12.8. The molecule has 0 radical (unpaired) electrons. The van der Waals surface area contributed by atoms with Crippen molar-refractivity contribution in [1.82, 2.24) is 5.32 Å². The van der Waals surface area contributed by atoms with Crippen LogP contribution in [0.1, 0.15) is 49.9 Å². The highest BCUT2D eigenvalue weighted by Gasteiger charge is 2.30. The lowest BCUT2D eigenvalue weighted by Crippen LogP contribution is -2.20. The molecule has 1 nitrogen and oxygen atoms in total. The largest absolute Gasteiger partial charge is 0.416 e. The zero-order chi connectivity index (χ0) is 20.6. The second-order valence-electron chi connectivity index (χ2n) is 6.55. The Morgan fingerprint density at radius 2 is 1.57 bits per heavy atom. The molecule has 0 spiro atoms. The summed E-state index contributed by atoms with van der Waals surface area (Å²) >= 11 is 0. The average molecular weight is 387 g/mol. The maximum Gasteiger partial charge on any atom is 0.416 e. The topological polar surface area (TPSA) is 12.0 Å². The Labute approximate surface area is 165 Å². The Kier molecular flexibility index (Phi) is 8.06. The molecule has 0 aliphatic heterocycles. The number of nitrogens with one attached hydrogen (secondary N) is 1. The van der Waals surface area contributed by atoms with Crippen molar-refractivity contribution < 1.29 is 13.2 Å². The van der Waals surface area contributed by atoms with Crippen LogP contribution in [-0.4, -0.2) is 6.54 Å². The van der Waals surface area contributed by atoms with Gasteiger partial charge in [-0.25, -0.2) is 0 Å². The van der Waals surface area contributed by atoms with Crippen molar-refractivity contribution in [3.63, 3.8) is 0 Å². The molecular formula is C24H28F3N. The van der Waals surface area contributed by atoms with Crippen molar-refractivity contribution in [3.05, 3.63) is 83.4 Å². The Morgan fingerprint density at radius 3 is 2.32 bits per heavy atom. The van der Waals surface area contributed by atoms with E-state index in [1.807, 2.05) is 26.0 Å². The van der Waals surface area contributed by atoms with Crippen molar-refractivity contribution in [2.45, 2.75) is 45.8 Å². The minimum absolute atomic E-state index is 0.183. The number of benzene rings is 3. The van der Waals surface area contributed by atoms with Gasteiger partial charge in [-0.3, -0.25) is 0 Å². The predicted octanol–water partition coefficient (Wildman–Crippen LogP) is 7.17. The monoisotopic (exact) mass is 387 g/mol. The van der Waals surface area contributed by atoms with Gasteiger partial charge >= 0.3 is 6.18 Å². The zero-order valence-corrected chi connectivity index (χ0v) is 16.7. The van der Waals surface area contributed by atoms with Crippen molar-refractivity contribution in [2.75, 3.05) is 6.54 Å². The molecule has 3 aromatic rings. The van der Waals surface area contributed by atoms with Crippen LogP contribution in [-0.2, 0) is 12.6 Å². The van der Waals surface area contributed by atoms with Gasteiger partial charge in [0.05, 0.1) is 5.56 Å². The van der Waals surface area contributed by atoms with E-state index in [1.54, 1.807) is 6.07 Å². The first kappa shape index (κ1) is 22.0. The molecule has 0 aliphatic carbocycles. The predicted molar refractivity (Wildman–Crippen MR) is 111 cm³/mol. The van der Waals surface area contributed by atoms with E-state index in [0.29, 0.717) is 6.42 Å². The summed E-state index contributed by atoms with van der Waals surface area (Å²) in [5.74, 6) is 0. The molecule has 0 aromatic heterocycles. The summed E-state index contributed by atoms with van der Waals surface area (Å²) in [5, 5.41) is 5.92. The van der Waals surface area contributed by atoms with Crippen LogP contribution < -0.4 is 5.32 Å². The SMILES string of the molecule is CC.CC(NCCCc1cccc(C(F)(F)F)c1)c1cccc2ccccc12. The molecule has 0 amide bonds. The van der Waals surface area contributed by atoms with Gasteiger partial charge in [-0.05, 0) is 54.3 Å². The second kappa shape index (κ2) is 10.3. The maximum atomic E-state index is 12.8. The summed E-state index contributed by atoms with van der Waals surface area (Å²) in [4.78, 5) is 0. The Bertz CT molecular complexity index is 866. The molecule has 0 bridgehead atoms. The number of hydrogen-bond donors (Lipinski definition) is 1. The normalized spacial score (nSPS) is 12.4. The van der Waals surface area contributed by atoms with E-state index in [1.165, 1.54) is 28.5 Å². The van der Waals surface area contributed by atoms with E-state index >= 15 is 0 Å². The highest BCUT2D eigenvalue weighted by Crippen LogP contribution is 2.29. The van der Waals surface area contributed by atoms with Crippen molar-refractivity contribution in [2.24, 2.45) is 0 Å². The van der Waals surface area contributed by atoms with Crippen LogP contribution in [0.4, 0.5) is 13.2 Å². The van der Waals surface area contributed by atoms with Crippen molar-refractivity contribution in [1.29, 1.82) is 0 Å². The average Bonchev–Trinajstić information content (AvgIpc) is 2.72. The Morgan fingerprint density at radius 1 is 0.893 bits per heavy atom. The molecule has 0 aliphatic rings. The van der Waals surface area contributed by atoms with Crippen LogP contribution in [0.5, 0.6) is 0 Å². The molecule has 1 N–H and O–H groups in total. The van der Waals surface area contributed by atoms with Gasteiger partial charge in [-0.15, -0.1) is 0 Å². The quantitative estimate of drug-likeness (QED) is 0.442. The zero-order valence-electron chi connectivity index (χ0n) is 16.7. The fourth-order valence-corrected chi connectivity index (χ4v) is 3.25. The molecule has 1 atom stereocenters. The molecule has 150 valence electrons. The van der Waals surface area contributed by atoms with Gasteiger partial charge in [0.2, 0.25) is 0 Å². The van der Waals surface area contributed by atoms with Crippen LogP contribution in [0.3, 0.4) is 0 Å². The molecule has 28 heavy (non-hydrogen) atoms. The first-order chi connectivity index (χ1) is 13.4. The van der Waals surface area contributed by atoms with Gasteiger partial charge < -0.3 is 5.32 Å². The van der Waals surface area contributed by atoms with E-state index in [9.17, 15) is 13.2 Å². The Hall–Kier alpha value is -2.33. The Balaban J connectivity index is 0.00000136. The summed E-state index contributed by atoms with van der Waals surface area (Å²) in [6.07, 6.45) is -2.87. The van der Waals surface area contributed by atoms with E-state index in [0.717, 1.165) is 24.6 Å². The molecule has 0 heterocycles. The molecule has 4 heteroatoms. The van der Waals surface area contributed by atoms with Gasteiger partial charge in [-0.1, -0.05) is 74.5 Å². The third-order valence-corrected chi connectivity index (χ3v) is 4.64. The highest BCUT2D eigenvalue weighted by molar-refractivity contribution is 5.86. The van der Waals surface area contributed by atoms with Gasteiger partial charge in [0.15, 0.2) is 0 Å². The van der Waals surface area contributed by atoms with Gasteiger partial charge in [0, 0.05) is 6.04 Å². The summed E-state index contributed by atoms with van der Waals surface area (Å²) in [5.41, 5.74) is 1.38. The van der Waals surface area contributed by atoms with Gasteiger partial charge in [0.1, 0.15) is 0 Å². The minimum Gasteiger partial charge on any atom is -0.310 e. The van der Waals surface area contributed by atoms with E-state index in [-0.39, 0.29) is 6.04 Å². The first-order valence-corrected chi connectivity index (χ1v) is 9.82. The van der Waals surface area contributed by atoms with Crippen LogP contribution in [0, 0.1) is 0 Å². The van der Waals surface area contributed by atoms with Crippen molar-refractivity contribution in [3.8, 4) is 0 Å². The molecule has 1 unspecified atom stereocenters. The van der Waals surface area contributed by atoms with Crippen LogP contribution in [0.15, 0.2) is 66.7 Å². The number of rotatable bonds is 6. The number of fused-ring (bicyclic) bond motifs is 1. The molecule has 3 aromatic carbocycles. The summed E-state index contributed by atoms with van der Waals surface area (Å²) in [6, 6.07) is 20.3. The lowest BCUT2D eigenvalue weighted by atomic mass is 9.99. The summed E-state index contributed by atoms with van der Waals surface area (Å²) in [6.45, 7) is 6.87. The molecule has 0 saturated carbocycles. The lowest BCUT2D eigenvalue weighted by Gasteiger charge is -2.17. The van der Waals surface area contributed by atoms with E-state index in [2.05, 4.69) is 42.6 Å². The number of alkyl halides is 3. The smallest absolute Gasteiger partial charge is 0.310 e. The second-order valence-corrected chi connectivity index (χ2v) is 6.55. The summed E-state index contributed by atoms with van der Waals surface area (Å²) in [7, 11) is 0. The number of aryl methyl sites for hydroxylation is 1. The fourth-order valence-electron chi connectivity index (χ4n) is 3.25. The number of hydrogen-bond acceptors (Lipinski definition) is 1. The fraction of sp³-hybridized carbons (Fsp3) is 0.333. The van der Waals surface area contributed by atoms with Crippen LogP contribution >= 0.6 is 0 Å². The lowest BCUT2D eigenvalue weighted by molar-refractivity contribution is -0.137. The summed E-state index contributed by atoms with van der Waals surface area (Å²) < 4.78 is 38.3. The van der Waals surface area contributed by atoms with Gasteiger partial charge in [0.25, 0.3) is 0 Å². The molecule has 0 fully saturated rings. The van der Waals surface area contributed by atoms with E-state index in [4.69, 9.17) is 0 Å². The van der Waals surface area contributed by atoms with Crippen LogP contribution in [0.25, 0.3) is 10.8 Å². The first-order valence-electron chi connectivity index (χ1n) is 9.82. The minimum atomic E-state index is -4.28. The van der Waals surface area contributed by atoms with E-state index < -0.39 is 11.7 Å². The van der Waals surface area contributed by atoms with Crippen LogP contribution in [0.2, 0.25) is 0 Å². The molecular weight excluding hydrogens is 359 g/mol. The third-order valence-electron chi connectivity index (χ3n) is 4.64. The van der Waals surface area contributed by atoms with Crippen molar-refractivity contribution >= 4 is 10.8 Å². The van der Waals surface area contributed by atoms with Gasteiger partial charge in [-0.2, -0.15) is 13.2 Å². The molecule has 3 rings (SSSR count). The highest BCUT2D eigenvalue weighted by atomic mass is 19.4. The number of halogens is 3. The third kappa shape index (κ3) is 5.83.